The number of rotatable bonds is 7. The summed E-state index contributed by atoms with van der Waals surface area (Å²) in [5.74, 6) is 0. The molecule has 0 bridgehead atoms. The maximum absolute atomic E-state index is 13.5. The molecule has 0 spiro atoms. The summed E-state index contributed by atoms with van der Waals surface area (Å²) in [4.78, 5) is 3.01. The fraction of sp³-hybridized carbons (Fsp3) is 0.0833. The molecule has 0 fully saturated rings. The Morgan fingerprint density at radius 1 is 0.633 bits per heavy atom. The van der Waals surface area contributed by atoms with Crippen molar-refractivity contribution in [1.29, 1.82) is 0 Å². The van der Waals surface area contributed by atoms with E-state index in [4.69, 9.17) is 11.8 Å². The van der Waals surface area contributed by atoms with Crippen LogP contribution in [0.15, 0.2) is 108 Å². The van der Waals surface area contributed by atoms with Crippen molar-refractivity contribution < 1.29 is 8.42 Å². The summed E-state index contributed by atoms with van der Waals surface area (Å²) in [5, 5.41) is 1.54. The molecular weight excluding hydrogens is 416 g/mol. The first-order chi connectivity index (χ1) is 14.6. The highest BCUT2D eigenvalue weighted by Crippen LogP contribution is 2.32. The van der Waals surface area contributed by atoms with Gasteiger partial charge >= 0.3 is 0 Å². The summed E-state index contributed by atoms with van der Waals surface area (Å²) >= 11 is 6.13. The van der Waals surface area contributed by atoms with Crippen molar-refractivity contribution in [3.05, 3.63) is 114 Å². The van der Waals surface area contributed by atoms with Gasteiger partial charge in [0.25, 0.3) is 0 Å². The van der Waals surface area contributed by atoms with E-state index in [0.29, 0.717) is 5.39 Å². The van der Waals surface area contributed by atoms with Gasteiger partial charge in [0.1, 0.15) is 0 Å². The topological polar surface area (TPSA) is 58.2 Å². The van der Waals surface area contributed by atoms with Crippen LogP contribution in [-0.2, 0) is 10.0 Å². The minimum atomic E-state index is -3.85. The molecule has 152 valence electrons. The molecule has 0 aliphatic heterocycles. The summed E-state index contributed by atoms with van der Waals surface area (Å²) in [6, 6.07) is 30.6. The molecule has 30 heavy (non-hydrogen) atoms. The smallest absolute Gasteiger partial charge is 0.224 e. The maximum atomic E-state index is 13.5. The lowest BCUT2D eigenvalue weighted by atomic mass is 9.95. The Morgan fingerprint density at radius 2 is 1.17 bits per heavy atom. The second-order valence-corrected chi connectivity index (χ2v) is 8.89. The standard InChI is InChI=1S/C24H21ClN2O2S/c25-26-23(19-11-3-1-4-12-19)24(20-13-5-2-6-14-20)27-30(28,29)22-17-9-15-18-10-7-8-16-21(18)22/h1-17,23-24,26-27H/t23-,24-/m1/s1. The van der Waals surface area contributed by atoms with Crippen LogP contribution in [0.4, 0.5) is 0 Å². The average Bonchev–Trinajstić information content (AvgIpc) is 2.80. The highest BCUT2D eigenvalue weighted by Gasteiger charge is 2.30. The van der Waals surface area contributed by atoms with E-state index < -0.39 is 22.1 Å². The van der Waals surface area contributed by atoms with Crippen molar-refractivity contribution in [2.75, 3.05) is 0 Å². The van der Waals surface area contributed by atoms with Gasteiger partial charge in [-0.25, -0.2) is 18.0 Å². The molecule has 4 aromatic carbocycles. The van der Waals surface area contributed by atoms with E-state index in [1.54, 1.807) is 12.1 Å². The Kier molecular flexibility index (Phi) is 6.16. The van der Waals surface area contributed by atoms with Crippen LogP contribution >= 0.6 is 11.8 Å². The lowest BCUT2D eigenvalue weighted by Gasteiger charge is -2.28. The lowest BCUT2D eigenvalue weighted by molar-refractivity contribution is 0.482. The third kappa shape index (κ3) is 4.25. The van der Waals surface area contributed by atoms with Crippen LogP contribution in [0.3, 0.4) is 0 Å². The number of nitrogens with one attached hydrogen (secondary N) is 2. The Morgan fingerprint density at radius 3 is 1.80 bits per heavy atom. The van der Waals surface area contributed by atoms with Crippen LogP contribution in [0.1, 0.15) is 23.2 Å². The van der Waals surface area contributed by atoms with Crippen LogP contribution in [0.25, 0.3) is 10.8 Å². The van der Waals surface area contributed by atoms with Crippen molar-refractivity contribution in [1.82, 2.24) is 9.56 Å². The molecule has 0 aliphatic carbocycles. The lowest BCUT2D eigenvalue weighted by Crippen LogP contribution is -2.36. The van der Waals surface area contributed by atoms with Gasteiger partial charge in [-0.2, -0.15) is 0 Å². The molecule has 0 saturated carbocycles. The molecule has 0 amide bonds. The minimum Gasteiger partial charge on any atom is -0.224 e. The zero-order chi connectivity index (χ0) is 21.0. The molecule has 0 saturated heterocycles. The second-order valence-electron chi connectivity index (χ2n) is 6.98. The van der Waals surface area contributed by atoms with Crippen LogP contribution < -0.4 is 9.56 Å². The van der Waals surface area contributed by atoms with E-state index >= 15 is 0 Å². The van der Waals surface area contributed by atoms with E-state index in [0.717, 1.165) is 16.5 Å². The van der Waals surface area contributed by atoms with Gasteiger partial charge < -0.3 is 0 Å². The first-order valence-corrected chi connectivity index (χ1v) is 11.4. The molecule has 6 heteroatoms. The zero-order valence-electron chi connectivity index (χ0n) is 16.1. The fourth-order valence-corrected chi connectivity index (χ4v) is 5.35. The number of benzene rings is 4. The molecule has 4 nitrogen and oxygen atoms in total. The Labute approximate surface area is 181 Å². The van der Waals surface area contributed by atoms with Gasteiger partial charge in [-0.15, -0.1) is 0 Å². The largest absolute Gasteiger partial charge is 0.241 e. The van der Waals surface area contributed by atoms with Gasteiger partial charge in [-0.1, -0.05) is 97.1 Å². The SMILES string of the molecule is O=S(=O)(N[C@H](c1ccccc1)[C@H](NCl)c1ccccc1)c1cccc2ccccc12. The quantitative estimate of drug-likeness (QED) is 0.384. The second kappa shape index (κ2) is 8.98. The van der Waals surface area contributed by atoms with E-state index in [1.807, 2.05) is 91.0 Å². The first kappa shape index (κ1) is 20.6. The van der Waals surface area contributed by atoms with Gasteiger partial charge in [0.2, 0.25) is 10.0 Å². The predicted molar refractivity (Wildman–Crippen MR) is 122 cm³/mol. The fourth-order valence-electron chi connectivity index (χ4n) is 3.63. The monoisotopic (exact) mass is 436 g/mol. The number of hydrogen-bond acceptors (Lipinski definition) is 3. The van der Waals surface area contributed by atoms with Gasteiger partial charge in [0, 0.05) is 5.39 Å². The average molecular weight is 437 g/mol. The molecule has 2 atom stereocenters. The van der Waals surface area contributed by atoms with Gasteiger partial charge in [0.15, 0.2) is 0 Å². The highest BCUT2D eigenvalue weighted by atomic mass is 35.5. The number of halogens is 1. The van der Waals surface area contributed by atoms with Gasteiger partial charge in [-0.05, 0) is 34.4 Å². The predicted octanol–water partition coefficient (Wildman–Crippen LogP) is 5.34. The zero-order valence-corrected chi connectivity index (χ0v) is 17.6. The van der Waals surface area contributed by atoms with Crippen molar-refractivity contribution in [2.24, 2.45) is 0 Å². The van der Waals surface area contributed by atoms with E-state index in [1.165, 1.54) is 0 Å². The van der Waals surface area contributed by atoms with Crippen LogP contribution in [0, 0.1) is 0 Å². The van der Waals surface area contributed by atoms with E-state index in [9.17, 15) is 8.42 Å². The minimum absolute atomic E-state index is 0.239. The third-order valence-electron chi connectivity index (χ3n) is 5.09. The van der Waals surface area contributed by atoms with Crippen molar-refractivity contribution in [2.45, 2.75) is 17.0 Å². The Hall–Kier alpha value is -2.70. The Bertz CT molecular complexity index is 1230. The molecule has 4 aromatic rings. The molecule has 0 radical (unpaired) electrons. The summed E-state index contributed by atoms with van der Waals surface area (Å²) in [6.45, 7) is 0. The number of hydrogen-bond donors (Lipinski definition) is 2. The van der Waals surface area contributed by atoms with Crippen LogP contribution in [0.5, 0.6) is 0 Å². The molecule has 2 N–H and O–H groups in total. The molecule has 0 heterocycles. The highest BCUT2D eigenvalue weighted by molar-refractivity contribution is 7.89. The van der Waals surface area contributed by atoms with Crippen molar-refractivity contribution >= 4 is 32.6 Å². The number of fused-ring (bicyclic) bond motifs is 1. The Balaban J connectivity index is 1.80. The van der Waals surface area contributed by atoms with Crippen molar-refractivity contribution in [3.63, 3.8) is 0 Å². The third-order valence-corrected chi connectivity index (χ3v) is 6.82. The molecule has 0 aliphatic rings. The maximum Gasteiger partial charge on any atom is 0.241 e. The van der Waals surface area contributed by atoms with Gasteiger partial charge in [-0.3, -0.25) is 0 Å². The molecular formula is C24H21ClN2O2S. The summed E-state index contributed by atoms with van der Waals surface area (Å²) in [5.41, 5.74) is 1.69. The van der Waals surface area contributed by atoms with Crippen LogP contribution in [-0.4, -0.2) is 8.42 Å². The molecule has 0 aromatic heterocycles. The van der Waals surface area contributed by atoms with Gasteiger partial charge in [0.05, 0.1) is 17.0 Å². The van der Waals surface area contributed by atoms with Crippen molar-refractivity contribution in [3.8, 4) is 0 Å². The normalized spacial score (nSPS) is 13.8. The molecule has 0 unspecified atom stereocenters. The van der Waals surface area contributed by atoms with Crippen LogP contribution in [0.2, 0.25) is 0 Å². The summed E-state index contributed by atoms with van der Waals surface area (Å²) < 4.78 is 29.9. The number of sulfonamides is 1. The van der Waals surface area contributed by atoms with E-state index in [-0.39, 0.29) is 4.90 Å². The summed E-state index contributed by atoms with van der Waals surface area (Å²) in [7, 11) is -3.85. The molecule has 4 rings (SSSR count). The first-order valence-electron chi connectivity index (χ1n) is 9.56. The summed E-state index contributed by atoms with van der Waals surface area (Å²) in [6.07, 6.45) is 0. The van der Waals surface area contributed by atoms with E-state index in [2.05, 4.69) is 9.56 Å².